The number of nitrogens with one attached hydrogen (secondary N) is 3. The molecule has 1 aromatic carbocycles. The Morgan fingerprint density at radius 1 is 1.23 bits per heavy atom. The van der Waals surface area contributed by atoms with E-state index in [1.165, 1.54) is 26.1 Å². The predicted octanol–water partition coefficient (Wildman–Crippen LogP) is 3.55. The maximum atomic E-state index is 14.6. The van der Waals surface area contributed by atoms with Gasteiger partial charge in [-0.25, -0.2) is 15.2 Å². The number of hydrogen-bond donors (Lipinski definition) is 3. The van der Waals surface area contributed by atoms with Crippen LogP contribution >= 0.6 is 11.3 Å². The average molecular weight is 911 g/mol. The highest BCUT2D eigenvalue weighted by molar-refractivity contribution is 7.10. The zero-order valence-corrected chi connectivity index (χ0v) is 41.5. The molecule has 0 unspecified atom stereocenters. The molecule has 342 valence electrons. The first-order valence-electron chi connectivity index (χ1n) is 22.1. The molecule has 18 heteroatoms. The lowest BCUT2D eigenvalue weighted by molar-refractivity contribution is -0.155. The highest BCUT2D eigenvalue weighted by Gasteiger charge is 2.47. The number of aromatic nitrogens is 3. The molecule has 6 bridgehead atoms. The fraction of sp³-hybridized carbons (Fsp3) is 0.543. The van der Waals surface area contributed by atoms with E-state index in [4.69, 9.17) is 19.4 Å². The lowest BCUT2D eigenvalue weighted by Gasteiger charge is -2.47. The Bertz CT molecular complexity index is 2470. The van der Waals surface area contributed by atoms with Crippen molar-refractivity contribution >= 4 is 56.3 Å². The molecule has 64 heavy (non-hydrogen) atoms. The highest BCUT2D eigenvalue weighted by atomic mass is 32.1. The van der Waals surface area contributed by atoms with Crippen molar-refractivity contribution < 1.29 is 28.7 Å². The Kier molecular flexibility index (Phi) is 13.4. The van der Waals surface area contributed by atoms with E-state index in [1.54, 1.807) is 21.2 Å². The van der Waals surface area contributed by atoms with Gasteiger partial charge in [0, 0.05) is 72.7 Å². The first-order valence-corrected chi connectivity index (χ1v) is 24.0. The van der Waals surface area contributed by atoms with Crippen LogP contribution in [0.2, 0.25) is 0 Å². The highest BCUT2D eigenvalue weighted by Crippen LogP contribution is 2.42. The normalized spacial score (nSPS) is 21.3. The summed E-state index contributed by atoms with van der Waals surface area (Å²) in [5, 5.41) is 20.2. The molecule has 0 saturated carbocycles. The second-order valence-corrected chi connectivity index (χ2v) is 21.8. The number of urea groups is 1. The van der Waals surface area contributed by atoms with Crippen LogP contribution in [0.1, 0.15) is 70.6 Å². The Balaban J connectivity index is 1.28. The maximum Gasteiger partial charge on any atom is 0.324 e. The number of pyridine rings is 1. The first kappa shape index (κ1) is 46.8. The van der Waals surface area contributed by atoms with Gasteiger partial charge in [-0.05, 0) is 75.9 Å². The van der Waals surface area contributed by atoms with Crippen LogP contribution < -0.4 is 16.1 Å². The summed E-state index contributed by atoms with van der Waals surface area (Å²) in [6.07, 6.45) is 3.48. The number of rotatable bonds is 9. The monoisotopic (exact) mass is 910 g/mol. The number of carbonyl (C=O) groups excluding carboxylic acids is 4. The third-order valence-corrected chi connectivity index (χ3v) is 14.7. The van der Waals surface area contributed by atoms with Gasteiger partial charge in [-0.2, -0.15) is 5.26 Å². The Hall–Kier alpha value is -5.19. The van der Waals surface area contributed by atoms with Gasteiger partial charge in [0.05, 0.1) is 63.3 Å². The number of aryl methyl sites for hydroxylation is 1. The van der Waals surface area contributed by atoms with Crippen LogP contribution in [0, 0.1) is 22.7 Å². The third kappa shape index (κ3) is 9.05. The van der Waals surface area contributed by atoms with Crippen LogP contribution in [0.3, 0.4) is 0 Å². The topological polar surface area (TPSA) is 187 Å². The van der Waals surface area contributed by atoms with Crippen LogP contribution in [0.5, 0.6) is 0 Å². The summed E-state index contributed by atoms with van der Waals surface area (Å²) >= 11 is 1.41. The van der Waals surface area contributed by atoms with Gasteiger partial charge in [0.15, 0.2) is 0 Å². The maximum absolute atomic E-state index is 14.6. The van der Waals surface area contributed by atoms with Crippen LogP contribution in [0.25, 0.3) is 33.4 Å². The number of cyclic esters (lactones) is 1. The Labute approximate surface area is 382 Å². The largest absolute Gasteiger partial charge is 0.464 e. The van der Waals surface area contributed by atoms with Crippen molar-refractivity contribution in [2.24, 2.45) is 11.3 Å². The van der Waals surface area contributed by atoms with E-state index in [0.29, 0.717) is 47.6 Å². The molecular formula is C46H62N10O6SSi. The summed E-state index contributed by atoms with van der Waals surface area (Å²) in [5.74, 6) is -1.70. The molecular weight excluding hydrogens is 849 g/mol. The Morgan fingerprint density at radius 3 is 2.66 bits per heavy atom. The van der Waals surface area contributed by atoms with E-state index < -0.39 is 52.1 Å². The Morgan fingerprint density at radius 2 is 1.98 bits per heavy atom. The number of benzene rings is 1. The number of carbonyl (C=O) groups is 4. The second-order valence-electron chi connectivity index (χ2n) is 19.0. The molecule has 2 saturated heterocycles. The van der Waals surface area contributed by atoms with Crippen LogP contribution in [0.4, 0.5) is 4.79 Å². The summed E-state index contributed by atoms with van der Waals surface area (Å²) in [6.45, 7) is 13.6. The lowest BCUT2D eigenvalue weighted by Crippen LogP contribution is -2.71. The van der Waals surface area contributed by atoms with Gasteiger partial charge in [0.1, 0.15) is 23.7 Å². The van der Waals surface area contributed by atoms with Gasteiger partial charge in [0.25, 0.3) is 5.91 Å². The summed E-state index contributed by atoms with van der Waals surface area (Å²) in [4.78, 5) is 69.4. The second kappa shape index (κ2) is 18.4. The minimum Gasteiger partial charge on any atom is -0.464 e. The number of likely N-dealkylation sites (N-methyl/N-ethyl adjacent to an activating group) is 2. The molecule has 3 aliphatic rings. The number of hydrazine groups is 1. The van der Waals surface area contributed by atoms with Gasteiger partial charge >= 0.3 is 12.0 Å². The fourth-order valence-electron chi connectivity index (χ4n) is 9.23. The molecule has 0 radical (unpaired) electrons. The van der Waals surface area contributed by atoms with Crippen LogP contribution in [-0.4, -0.2) is 135 Å². The lowest BCUT2D eigenvalue weighted by atomic mass is 9.84. The molecule has 3 aromatic heterocycles. The number of amides is 4. The molecule has 0 aliphatic carbocycles. The average Bonchev–Trinajstić information content (AvgIpc) is 3.86. The van der Waals surface area contributed by atoms with Gasteiger partial charge in [0.2, 0.25) is 5.91 Å². The zero-order chi connectivity index (χ0) is 46.3. The van der Waals surface area contributed by atoms with E-state index in [-0.39, 0.29) is 38.1 Å². The van der Waals surface area contributed by atoms with Crippen molar-refractivity contribution in [1.29, 1.82) is 5.26 Å². The number of hydrogen-bond acceptors (Lipinski definition) is 12. The van der Waals surface area contributed by atoms with Gasteiger partial charge < -0.3 is 29.2 Å². The van der Waals surface area contributed by atoms with Crippen LogP contribution in [-0.2, 0) is 48.5 Å². The molecule has 6 heterocycles. The van der Waals surface area contributed by atoms with E-state index in [0.717, 1.165) is 44.7 Å². The van der Waals surface area contributed by atoms with Crippen molar-refractivity contribution in [3.8, 4) is 28.6 Å². The minimum absolute atomic E-state index is 0.0738. The standard InChI is InChI=1S/C46H62N10O6SSi/c1-10-55-35-16-15-28-19-30(35)31(38(55)29-13-11-17-49-39(29)45(6,64)61-9)21-44(4,5)26-62-42(59)32-14-12-18-56(52-32)41(58)33(20-36-50-34(28)22-63-36)51-40(57)37(27(2)3)53(8)43(60)54-24-46(23-47,25-54)48-7/h11,13,15-17,19,22,27,32-33,37,48,52H,10,12,14,18,20-21,24-26H2,1-9,64H3,(H,51,57)/t32-,33-,37-,45+/m0/s1. The van der Waals surface area contributed by atoms with Crippen molar-refractivity contribution in [3.63, 3.8) is 0 Å². The summed E-state index contributed by atoms with van der Waals surface area (Å²) in [7, 11) is 5.68. The number of esters is 1. The third-order valence-electron chi connectivity index (χ3n) is 13.0. The number of methoxy groups -OCH3 is 1. The van der Waals surface area contributed by atoms with Gasteiger partial charge in [-0.1, -0.05) is 33.8 Å². The molecule has 3 aliphatic heterocycles. The minimum atomic E-state index is -1.08. The number of nitriles is 1. The number of thiazole rings is 1. The molecule has 4 aromatic rings. The number of ether oxygens (including phenoxy) is 2. The molecule has 7 rings (SSSR count). The SMILES string of the molecule is CCn1c(-c2cccnc2[C@@](C)([SiH3])OC)c2c3cc(ccc31)-c1csc(n1)C[C@H](NC(=O)[C@H](C(C)C)N(C)C(=O)N1CC(C#N)(NC)C1)C(=O)N1CCC[C@H](N1)C(=O)OCC(C)(C)C2. The molecule has 16 nitrogen and oxygen atoms in total. The zero-order valence-electron chi connectivity index (χ0n) is 38.7. The summed E-state index contributed by atoms with van der Waals surface area (Å²) in [5.41, 5.74) is 8.52. The quantitative estimate of drug-likeness (QED) is 0.165. The van der Waals surface area contributed by atoms with Crippen LogP contribution in [0.15, 0.2) is 41.9 Å². The van der Waals surface area contributed by atoms with Crippen molar-refractivity contribution in [1.82, 2.24) is 45.4 Å². The molecule has 2 fully saturated rings. The number of likely N-dealkylation sites (tertiary alicyclic amines) is 1. The van der Waals surface area contributed by atoms with Gasteiger partial charge in [-0.15, -0.1) is 11.3 Å². The van der Waals surface area contributed by atoms with E-state index in [9.17, 15) is 24.4 Å². The fourth-order valence-corrected chi connectivity index (χ4v) is 10.5. The summed E-state index contributed by atoms with van der Waals surface area (Å²) in [6, 6.07) is 9.51. The van der Waals surface area contributed by atoms with E-state index >= 15 is 0 Å². The molecule has 4 amide bonds. The summed E-state index contributed by atoms with van der Waals surface area (Å²) < 4.78 is 14.5. The van der Waals surface area contributed by atoms with Gasteiger partial charge in [-0.3, -0.25) is 29.7 Å². The number of nitrogens with zero attached hydrogens (tertiary/aromatic N) is 7. The molecule has 0 spiro atoms. The van der Waals surface area contributed by atoms with Crippen molar-refractivity contribution in [3.05, 3.63) is 58.2 Å². The van der Waals surface area contributed by atoms with E-state index in [1.807, 2.05) is 31.5 Å². The molecule has 4 atom stereocenters. The smallest absolute Gasteiger partial charge is 0.324 e. The van der Waals surface area contributed by atoms with E-state index in [2.05, 4.69) is 78.7 Å². The number of fused-ring (bicyclic) bond motifs is 6. The van der Waals surface area contributed by atoms with Crippen molar-refractivity contribution in [2.45, 2.75) is 103 Å². The predicted molar refractivity (Wildman–Crippen MR) is 249 cm³/mol. The first-order chi connectivity index (χ1) is 30.4. The van der Waals surface area contributed by atoms with Crippen molar-refractivity contribution in [2.75, 3.05) is 47.4 Å². The molecule has 3 N–H and O–H groups in total.